The molecule has 0 unspecified atom stereocenters. The topological polar surface area (TPSA) is 228 Å². The number of esters is 5. The van der Waals surface area contributed by atoms with Gasteiger partial charge < -0.3 is 48.9 Å². The lowest BCUT2D eigenvalue weighted by molar-refractivity contribution is -0.212. The molecular formula is C116H188N2O15. The monoisotopic (exact) mass is 1850 g/mol. The summed E-state index contributed by atoms with van der Waals surface area (Å²) in [6.45, 7) is 26.1. The maximum atomic E-state index is 15.8. The molecule has 1 aliphatic rings. The second-order valence-electron chi connectivity index (χ2n) is 40.3. The number of carbonyl (C=O) groups is 7. The summed E-state index contributed by atoms with van der Waals surface area (Å²) in [6, 6.07) is 27.8. The van der Waals surface area contributed by atoms with E-state index in [2.05, 4.69) is 130 Å². The molecule has 133 heavy (non-hydrogen) atoms. The molecule has 4 aromatic rings. The highest BCUT2D eigenvalue weighted by Crippen LogP contribution is 2.51. The molecule has 0 radical (unpaired) electrons. The van der Waals surface area contributed by atoms with Gasteiger partial charge in [-0.15, -0.1) is 0 Å². The average molecular weight is 1850 g/mol. The van der Waals surface area contributed by atoms with Gasteiger partial charge >= 0.3 is 29.8 Å². The lowest BCUT2D eigenvalue weighted by Crippen LogP contribution is -2.65. The first-order valence-electron chi connectivity index (χ1n) is 54.4. The molecule has 1 fully saturated rings. The van der Waals surface area contributed by atoms with Crippen LogP contribution in [0.1, 0.15) is 490 Å². The Morgan fingerprint density at radius 2 is 0.752 bits per heavy atom. The number of hydrogen-bond acceptors (Lipinski definition) is 15. The lowest BCUT2D eigenvalue weighted by Gasteiger charge is -2.45. The number of benzene rings is 4. The SMILES string of the molecule is CCCCCCCCCCC[C@H](CC(=O)N[C@@H](CC[C@@H]1O[C@H](COc2c(-c3ccccc3)c(C)c(-c3ccccc3)c(C(C)(C)C)c2C(C)C)[C@@H](O)[C@H](OC(=O)C[C@@H](CCCCCCCCCCC)OC(=O)CCCCCCCCC)[C@H]1NC(=O)C[C@@H](CCCCCCCCCCC)OC(=O)CCCCCCCCC)CC(=O)OCc1ccccc1)OC(=O)CCCCCCCCC. The van der Waals surface area contributed by atoms with Gasteiger partial charge in [0.15, 0.2) is 6.10 Å². The van der Waals surface area contributed by atoms with Crippen LogP contribution in [-0.4, -0.2) is 108 Å². The molecule has 1 aliphatic heterocycles. The summed E-state index contributed by atoms with van der Waals surface area (Å²) in [6.07, 6.45) is 43.6. The molecule has 17 nitrogen and oxygen atoms in total. The first kappa shape index (κ1) is 116. The molecule has 0 bridgehead atoms. The third kappa shape index (κ3) is 50.2. The molecule has 5 rings (SSSR count). The molecule has 0 spiro atoms. The molecule has 4 aromatic carbocycles. The first-order valence-corrected chi connectivity index (χ1v) is 54.4. The van der Waals surface area contributed by atoms with Crippen molar-refractivity contribution in [2.75, 3.05) is 6.61 Å². The van der Waals surface area contributed by atoms with Gasteiger partial charge in [-0.1, -0.05) is 437 Å². The minimum absolute atomic E-state index is 0.00720. The van der Waals surface area contributed by atoms with Gasteiger partial charge in [-0.3, -0.25) is 33.6 Å². The van der Waals surface area contributed by atoms with Crippen LogP contribution in [0.3, 0.4) is 0 Å². The second-order valence-corrected chi connectivity index (χ2v) is 40.3. The van der Waals surface area contributed by atoms with Gasteiger partial charge in [-0.2, -0.15) is 0 Å². The van der Waals surface area contributed by atoms with Gasteiger partial charge in [0.2, 0.25) is 11.8 Å². The third-order valence-corrected chi connectivity index (χ3v) is 26.8. The first-order chi connectivity index (χ1) is 64.5. The lowest BCUT2D eigenvalue weighted by atomic mass is 9.72. The van der Waals surface area contributed by atoms with Crippen LogP contribution in [-0.2, 0) is 74.0 Å². The third-order valence-electron chi connectivity index (χ3n) is 26.8. The number of carbonyl (C=O) groups excluding carboxylic acids is 7. The highest BCUT2D eigenvalue weighted by molar-refractivity contribution is 5.88. The van der Waals surface area contributed by atoms with Crippen LogP contribution >= 0.6 is 0 Å². The predicted molar refractivity (Wildman–Crippen MR) is 546 cm³/mol. The number of rotatable bonds is 79. The van der Waals surface area contributed by atoms with Gasteiger partial charge in [-0.05, 0) is 122 Å². The Bertz CT molecular complexity index is 3710. The molecule has 3 N–H and O–H groups in total. The van der Waals surface area contributed by atoms with Crippen molar-refractivity contribution in [2.24, 2.45) is 0 Å². The minimum atomic E-state index is -1.69. The maximum Gasteiger partial charge on any atom is 0.310 e. The van der Waals surface area contributed by atoms with Crippen LogP contribution < -0.4 is 15.4 Å². The second kappa shape index (κ2) is 72.2. The predicted octanol–water partition coefficient (Wildman–Crippen LogP) is 30.1. The van der Waals surface area contributed by atoms with Crippen LogP contribution in [0.2, 0.25) is 0 Å². The minimum Gasteiger partial charge on any atom is -0.490 e. The highest BCUT2D eigenvalue weighted by atomic mass is 16.6. The Hall–Kier alpha value is -7.11. The van der Waals surface area contributed by atoms with Crippen molar-refractivity contribution in [1.29, 1.82) is 0 Å². The fourth-order valence-corrected chi connectivity index (χ4v) is 19.1. The summed E-state index contributed by atoms with van der Waals surface area (Å²) < 4.78 is 46.9. The van der Waals surface area contributed by atoms with Crippen LogP contribution in [0.25, 0.3) is 22.3 Å². The van der Waals surface area contributed by atoms with Crippen LogP contribution in [0.4, 0.5) is 0 Å². The van der Waals surface area contributed by atoms with E-state index in [0.29, 0.717) is 50.7 Å². The molecule has 1 saturated heterocycles. The number of aliphatic hydroxyl groups excluding tert-OH is 1. The molecule has 752 valence electrons. The number of nitrogens with one attached hydrogen (secondary N) is 2. The van der Waals surface area contributed by atoms with Gasteiger partial charge in [-0.25, -0.2) is 0 Å². The van der Waals surface area contributed by atoms with Crippen molar-refractivity contribution in [3.63, 3.8) is 0 Å². The summed E-state index contributed by atoms with van der Waals surface area (Å²) in [5.41, 5.74) is 7.34. The fourth-order valence-electron chi connectivity index (χ4n) is 19.1. The number of unbranched alkanes of at least 4 members (excludes halogenated alkanes) is 42. The standard InChI is InChI=1S/C116H188N2O15/c1-13-19-25-31-37-40-46-49-64-76-96(129-103(121)79-67-52-43-34-28-22-16-4)85-101(119)117-95(84-106(124)127-88-92-70-58-55-59-71-92)82-83-99-112(118-102(120)86-97(77-65-50-47-41-38-32-26-20-14-2)130-104(122)80-68-53-44-35-29-23-17-5)115(133-107(125)87-98(78-66-51-48-42-39-33-27-21-15-3)131-105(123)81-69-54-45-36-30-24-18-6)113(126)100(132-99)89-128-114-108(90(7)8)111(116(10,11)12)109(93-72-60-56-61-73-93)91(9)110(114)94-74-62-57-63-75-94/h55-63,70-75,90,95-100,112-113,115,126H,13-54,64-69,76-89H2,1-12H3,(H,117,119)(H,118,120)/t95-,96+,97+,98+,99-,100+,112-,113+,115+/m0/s1. The van der Waals surface area contributed by atoms with Crippen molar-refractivity contribution in [1.82, 2.24) is 10.6 Å². The molecule has 9 atom stereocenters. The van der Waals surface area contributed by atoms with Gasteiger partial charge in [0.1, 0.15) is 49.5 Å². The molecule has 0 aliphatic carbocycles. The Balaban J connectivity index is 1.72. The summed E-state index contributed by atoms with van der Waals surface area (Å²) in [7, 11) is 0. The summed E-state index contributed by atoms with van der Waals surface area (Å²) >= 11 is 0. The summed E-state index contributed by atoms with van der Waals surface area (Å²) in [5.74, 6) is -2.87. The van der Waals surface area contributed by atoms with Crippen molar-refractivity contribution in [3.05, 3.63) is 113 Å². The molecule has 0 saturated carbocycles. The van der Waals surface area contributed by atoms with Gasteiger partial charge in [0.05, 0.1) is 37.8 Å². The Kier molecular flexibility index (Phi) is 63.2. The smallest absolute Gasteiger partial charge is 0.310 e. The highest BCUT2D eigenvalue weighted by Gasteiger charge is 2.49. The Morgan fingerprint density at radius 3 is 1.14 bits per heavy atom. The van der Waals surface area contributed by atoms with Crippen molar-refractivity contribution < 1.29 is 71.8 Å². The zero-order valence-corrected chi connectivity index (χ0v) is 85.9. The quantitative estimate of drug-likeness (QED) is 0.0212. The molecule has 2 amide bonds. The maximum absolute atomic E-state index is 15.8. The zero-order valence-electron chi connectivity index (χ0n) is 85.9. The number of aliphatic hydroxyl groups is 1. The van der Waals surface area contributed by atoms with Gasteiger partial charge in [0.25, 0.3) is 0 Å². The van der Waals surface area contributed by atoms with E-state index in [1.54, 1.807) is 0 Å². The number of hydrogen-bond donors (Lipinski definition) is 3. The average Bonchev–Trinajstić information content (AvgIpc) is 0.730. The van der Waals surface area contributed by atoms with E-state index in [0.717, 1.165) is 218 Å². The van der Waals surface area contributed by atoms with E-state index < -0.39 is 84.0 Å². The van der Waals surface area contributed by atoms with Crippen LogP contribution in [0.15, 0.2) is 91.0 Å². The molecule has 1 heterocycles. The molecular weight excluding hydrogens is 1660 g/mol. The molecule has 17 heteroatoms. The molecule has 0 aromatic heterocycles. The summed E-state index contributed by atoms with van der Waals surface area (Å²) in [4.78, 5) is 104. The van der Waals surface area contributed by atoms with Crippen LogP contribution in [0, 0.1) is 6.92 Å². The fraction of sp³-hybridized carbons (Fsp3) is 0.733. The Morgan fingerprint density at radius 1 is 0.398 bits per heavy atom. The van der Waals surface area contributed by atoms with E-state index in [1.165, 1.54) is 109 Å². The van der Waals surface area contributed by atoms with E-state index in [-0.39, 0.29) is 94.8 Å². The number of amides is 2. The van der Waals surface area contributed by atoms with E-state index in [4.69, 9.17) is 33.2 Å². The van der Waals surface area contributed by atoms with Crippen LogP contribution in [0.5, 0.6) is 5.75 Å². The van der Waals surface area contributed by atoms with Crippen molar-refractivity contribution in [2.45, 2.75) is 541 Å². The van der Waals surface area contributed by atoms with E-state index in [9.17, 15) is 24.3 Å². The largest absolute Gasteiger partial charge is 0.490 e. The zero-order chi connectivity index (χ0) is 96.3. The van der Waals surface area contributed by atoms with E-state index in [1.807, 2.05) is 54.6 Å². The van der Waals surface area contributed by atoms with Crippen molar-refractivity contribution >= 4 is 41.7 Å². The van der Waals surface area contributed by atoms with E-state index >= 15 is 14.4 Å². The van der Waals surface area contributed by atoms with Crippen molar-refractivity contribution in [3.8, 4) is 28.0 Å². The summed E-state index contributed by atoms with van der Waals surface area (Å²) in [5, 5.41) is 20.3. The Labute approximate surface area is 808 Å². The normalized spacial score (nSPS) is 16.0. The van der Waals surface area contributed by atoms with Gasteiger partial charge in [0, 0.05) is 36.4 Å². The number of ether oxygens (including phenoxy) is 7.